The van der Waals surface area contributed by atoms with E-state index in [1.807, 2.05) is 0 Å². The van der Waals surface area contributed by atoms with Crippen molar-refractivity contribution in [1.29, 1.82) is 0 Å². The second kappa shape index (κ2) is 18.2. The minimum Gasteiger partial charge on any atom is -0.235 e. The number of nitrogens with zero attached hydrogens (tertiary/aromatic N) is 1. The van der Waals surface area contributed by atoms with Crippen LogP contribution in [0.3, 0.4) is 0 Å². The molecule has 0 heterocycles. The first kappa shape index (κ1) is 21.2. The van der Waals surface area contributed by atoms with Crippen molar-refractivity contribution in [3.63, 3.8) is 0 Å². The van der Waals surface area contributed by atoms with E-state index in [9.17, 15) is 10.1 Å². The van der Waals surface area contributed by atoms with Gasteiger partial charge < -0.3 is 0 Å². The van der Waals surface area contributed by atoms with Crippen LogP contribution in [0.2, 0.25) is 0 Å². The molecule has 0 spiro atoms. The minimum absolute atomic E-state index is 0.453. The van der Waals surface area contributed by atoms with Crippen LogP contribution in [0.15, 0.2) is 0 Å². The van der Waals surface area contributed by atoms with Gasteiger partial charge >= 0.3 is 0 Å². The van der Waals surface area contributed by atoms with E-state index in [4.69, 9.17) is 0 Å². The van der Waals surface area contributed by atoms with Crippen LogP contribution >= 0.6 is 0 Å². The lowest BCUT2D eigenvalue weighted by Crippen LogP contribution is -2.22. The number of hydrazine groups is 1. The summed E-state index contributed by atoms with van der Waals surface area (Å²) in [6.07, 6.45) is 21.4. The molecule has 0 saturated carbocycles. The predicted octanol–water partition coefficient (Wildman–Crippen LogP) is 6.03. The van der Waals surface area contributed by atoms with Gasteiger partial charge in [-0.05, 0) is 6.42 Å². The maximum atomic E-state index is 10.1. The summed E-state index contributed by atoms with van der Waals surface area (Å²) in [7, 11) is 0. The Balaban J connectivity index is 2.95. The lowest BCUT2D eigenvalue weighted by molar-refractivity contribution is -0.544. The van der Waals surface area contributed by atoms with E-state index in [-0.39, 0.29) is 0 Å². The molecule has 0 bridgehead atoms. The highest BCUT2D eigenvalue weighted by atomic mass is 16.7. The SMILES string of the molecule is CCCCCCCCCCCCCCCCCCN[N+](=O)[O-]. The Morgan fingerprint density at radius 1 is 0.636 bits per heavy atom. The van der Waals surface area contributed by atoms with Crippen molar-refractivity contribution >= 4 is 0 Å². The van der Waals surface area contributed by atoms with Gasteiger partial charge in [0.1, 0.15) is 0 Å². The summed E-state index contributed by atoms with van der Waals surface area (Å²) in [6, 6.07) is 0. The number of nitrogens with one attached hydrogen (secondary N) is 1. The molecule has 0 fully saturated rings. The van der Waals surface area contributed by atoms with Crippen molar-refractivity contribution < 1.29 is 5.03 Å². The van der Waals surface area contributed by atoms with Gasteiger partial charge in [-0.25, -0.2) is 10.1 Å². The van der Waals surface area contributed by atoms with E-state index in [0.29, 0.717) is 6.54 Å². The van der Waals surface area contributed by atoms with E-state index in [2.05, 4.69) is 12.3 Å². The van der Waals surface area contributed by atoms with Crippen molar-refractivity contribution in [2.24, 2.45) is 0 Å². The van der Waals surface area contributed by atoms with Crippen LogP contribution < -0.4 is 5.43 Å². The summed E-state index contributed by atoms with van der Waals surface area (Å²) in [5, 5.41) is 9.60. The van der Waals surface area contributed by atoms with Crippen LogP contribution in [0.1, 0.15) is 110 Å². The Morgan fingerprint density at radius 3 is 1.27 bits per heavy atom. The Morgan fingerprint density at radius 2 is 0.955 bits per heavy atom. The molecule has 0 aliphatic carbocycles. The van der Waals surface area contributed by atoms with Crippen LogP contribution in [0.25, 0.3) is 0 Å². The molecule has 0 radical (unpaired) electrons. The lowest BCUT2D eigenvalue weighted by atomic mass is 10.0. The van der Waals surface area contributed by atoms with Crippen LogP contribution in [-0.4, -0.2) is 11.6 Å². The Labute approximate surface area is 137 Å². The van der Waals surface area contributed by atoms with E-state index in [0.717, 1.165) is 12.8 Å². The molecule has 0 aromatic carbocycles. The summed E-state index contributed by atoms with van der Waals surface area (Å²) in [4.78, 5) is 10.1. The molecular weight excluding hydrogens is 276 g/mol. The smallest absolute Gasteiger partial charge is 0.157 e. The van der Waals surface area contributed by atoms with Crippen molar-refractivity contribution in [3.8, 4) is 0 Å². The van der Waals surface area contributed by atoms with E-state index >= 15 is 0 Å². The Hall–Kier alpha value is -0.800. The quantitative estimate of drug-likeness (QED) is 0.191. The van der Waals surface area contributed by atoms with Gasteiger partial charge in [-0.3, -0.25) is 0 Å². The number of hydrogen-bond donors (Lipinski definition) is 1. The fourth-order valence-electron chi connectivity index (χ4n) is 2.84. The monoisotopic (exact) mass is 314 g/mol. The normalized spacial score (nSPS) is 10.8. The molecule has 0 unspecified atom stereocenters. The average Bonchev–Trinajstić information content (AvgIpc) is 2.50. The molecule has 0 aliphatic heterocycles. The summed E-state index contributed by atoms with van der Waals surface area (Å²) >= 11 is 0. The summed E-state index contributed by atoms with van der Waals surface area (Å²) in [5.41, 5.74) is 2.22. The maximum Gasteiger partial charge on any atom is 0.157 e. The minimum atomic E-state index is -0.453. The zero-order valence-corrected chi connectivity index (χ0v) is 14.8. The number of rotatable bonds is 18. The summed E-state index contributed by atoms with van der Waals surface area (Å²) in [6.45, 7) is 2.78. The van der Waals surface area contributed by atoms with Gasteiger partial charge in [-0.15, -0.1) is 5.43 Å². The molecule has 4 nitrogen and oxygen atoms in total. The van der Waals surface area contributed by atoms with E-state index in [1.54, 1.807) is 0 Å². The van der Waals surface area contributed by atoms with Gasteiger partial charge in [-0.1, -0.05) is 103 Å². The van der Waals surface area contributed by atoms with Crippen LogP contribution in [0, 0.1) is 10.1 Å². The van der Waals surface area contributed by atoms with E-state index in [1.165, 1.54) is 89.9 Å². The highest BCUT2D eigenvalue weighted by Crippen LogP contribution is 2.13. The molecule has 0 aromatic rings. The summed E-state index contributed by atoms with van der Waals surface area (Å²) in [5.74, 6) is 0. The van der Waals surface area contributed by atoms with Gasteiger partial charge in [-0.2, -0.15) is 0 Å². The molecule has 0 amide bonds. The third-order valence-electron chi connectivity index (χ3n) is 4.27. The topological polar surface area (TPSA) is 55.2 Å². The predicted molar refractivity (Wildman–Crippen MR) is 94.5 cm³/mol. The van der Waals surface area contributed by atoms with Crippen LogP contribution in [-0.2, 0) is 0 Å². The van der Waals surface area contributed by atoms with Crippen LogP contribution in [0.4, 0.5) is 0 Å². The zero-order chi connectivity index (χ0) is 16.3. The third kappa shape index (κ3) is 19.2. The molecule has 0 atom stereocenters. The van der Waals surface area contributed by atoms with Crippen molar-refractivity contribution in [1.82, 2.24) is 5.43 Å². The molecule has 0 aromatic heterocycles. The standard InChI is InChI=1S/C18H38N2O2/c1-2-3-4-5-6-7-8-9-10-11-12-13-14-15-16-17-18-19-20(21)22/h19H,2-18H2,1H3. The zero-order valence-electron chi connectivity index (χ0n) is 14.8. The molecule has 0 aliphatic rings. The Kier molecular flexibility index (Phi) is 17.6. The third-order valence-corrected chi connectivity index (χ3v) is 4.27. The average molecular weight is 315 g/mol. The summed E-state index contributed by atoms with van der Waals surface area (Å²) < 4.78 is 0. The lowest BCUT2D eigenvalue weighted by Gasteiger charge is -2.03. The maximum absolute atomic E-state index is 10.1. The largest absolute Gasteiger partial charge is 0.235 e. The van der Waals surface area contributed by atoms with E-state index < -0.39 is 5.03 Å². The molecule has 22 heavy (non-hydrogen) atoms. The van der Waals surface area contributed by atoms with Gasteiger partial charge in [0.05, 0.1) is 6.54 Å². The van der Waals surface area contributed by atoms with Gasteiger partial charge in [0.25, 0.3) is 0 Å². The first-order chi connectivity index (χ1) is 10.8. The van der Waals surface area contributed by atoms with Crippen molar-refractivity contribution in [2.45, 2.75) is 110 Å². The highest BCUT2D eigenvalue weighted by molar-refractivity contribution is 4.50. The Bertz CT molecular complexity index is 235. The second-order valence-electron chi connectivity index (χ2n) is 6.47. The van der Waals surface area contributed by atoms with Crippen molar-refractivity contribution in [3.05, 3.63) is 10.1 Å². The molecular formula is C18H38N2O2. The van der Waals surface area contributed by atoms with Gasteiger partial charge in [0, 0.05) is 0 Å². The van der Waals surface area contributed by atoms with Crippen LogP contribution in [0.5, 0.6) is 0 Å². The molecule has 132 valence electrons. The molecule has 0 saturated heterocycles. The fourth-order valence-corrected chi connectivity index (χ4v) is 2.84. The van der Waals surface area contributed by atoms with Gasteiger partial charge in [0.2, 0.25) is 0 Å². The molecule has 1 N–H and O–H groups in total. The number of nitro groups is 1. The number of unbranched alkanes of at least 4 members (excludes halogenated alkanes) is 15. The first-order valence-electron chi connectivity index (χ1n) is 9.65. The highest BCUT2D eigenvalue weighted by Gasteiger charge is 1.96. The van der Waals surface area contributed by atoms with Crippen molar-refractivity contribution in [2.75, 3.05) is 6.54 Å². The van der Waals surface area contributed by atoms with Gasteiger partial charge in [0.15, 0.2) is 5.03 Å². The first-order valence-corrected chi connectivity index (χ1v) is 9.65. The molecule has 0 rings (SSSR count). The fraction of sp³-hybridized carbons (Fsp3) is 1.00. The second-order valence-corrected chi connectivity index (χ2v) is 6.47. The number of hydrogen-bond acceptors (Lipinski definition) is 2. The molecule has 4 heteroatoms.